The fourth-order valence-corrected chi connectivity index (χ4v) is 1.81. The van der Waals surface area contributed by atoms with E-state index in [2.05, 4.69) is 20.6 Å². The number of carbonyl (C=O) groups is 1. The highest BCUT2D eigenvalue weighted by Gasteiger charge is 2.15. The number of pyridine rings is 2. The first-order chi connectivity index (χ1) is 10.6. The molecule has 1 amide bonds. The summed E-state index contributed by atoms with van der Waals surface area (Å²) in [5.74, 6) is -0.168. The molecule has 0 fully saturated rings. The van der Waals surface area contributed by atoms with Gasteiger partial charge in [-0.3, -0.25) is 19.9 Å². The summed E-state index contributed by atoms with van der Waals surface area (Å²) in [4.78, 5) is 29.8. The van der Waals surface area contributed by atoms with Crippen LogP contribution < -0.4 is 10.6 Å². The lowest BCUT2D eigenvalue weighted by Crippen LogP contribution is -2.29. The average molecular weight is 322 g/mol. The number of rotatable bonds is 6. The third-order valence-electron chi connectivity index (χ3n) is 2.66. The van der Waals surface area contributed by atoms with Gasteiger partial charge in [-0.2, -0.15) is 0 Å². The van der Waals surface area contributed by atoms with Gasteiger partial charge in [0.2, 0.25) is 5.82 Å². The molecule has 2 aromatic rings. The van der Waals surface area contributed by atoms with Crippen LogP contribution in [0, 0.1) is 10.1 Å². The molecule has 0 aromatic carbocycles. The number of halogens is 1. The van der Waals surface area contributed by atoms with Crippen LogP contribution in [0.15, 0.2) is 36.8 Å². The summed E-state index contributed by atoms with van der Waals surface area (Å²) in [7, 11) is 0. The first kappa shape index (κ1) is 15.6. The van der Waals surface area contributed by atoms with E-state index in [1.807, 2.05) is 0 Å². The molecule has 0 aliphatic heterocycles. The highest BCUT2D eigenvalue weighted by molar-refractivity contribution is 6.30. The van der Waals surface area contributed by atoms with Crippen LogP contribution in [0.25, 0.3) is 0 Å². The highest BCUT2D eigenvalue weighted by atomic mass is 35.5. The van der Waals surface area contributed by atoms with Crippen LogP contribution >= 0.6 is 11.6 Å². The van der Waals surface area contributed by atoms with Gasteiger partial charge in [-0.15, -0.1) is 0 Å². The van der Waals surface area contributed by atoms with Crippen LogP contribution in [0.5, 0.6) is 0 Å². The number of anilines is 1. The largest absolute Gasteiger partial charge is 0.363 e. The molecule has 2 aromatic heterocycles. The third kappa shape index (κ3) is 4.13. The molecule has 2 N–H and O–H groups in total. The van der Waals surface area contributed by atoms with E-state index in [1.54, 1.807) is 18.3 Å². The topological polar surface area (TPSA) is 110 Å². The lowest BCUT2D eigenvalue weighted by molar-refractivity contribution is -0.384. The zero-order chi connectivity index (χ0) is 15.9. The number of hydrogen-bond acceptors (Lipinski definition) is 6. The minimum atomic E-state index is -0.574. The fraction of sp³-hybridized carbons (Fsp3) is 0.154. The number of carbonyl (C=O) groups excluding carboxylic acids is 1. The third-order valence-corrected chi connectivity index (χ3v) is 2.86. The molecule has 9 heteroatoms. The maximum Gasteiger partial charge on any atom is 0.312 e. The van der Waals surface area contributed by atoms with Crippen LogP contribution in [0.3, 0.4) is 0 Å². The molecule has 0 radical (unpaired) electrons. The quantitative estimate of drug-likeness (QED) is 0.477. The summed E-state index contributed by atoms with van der Waals surface area (Å²) in [5, 5.41) is 16.5. The van der Waals surface area contributed by atoms with Crippen molar-refractivity contribution in [2.45, 2.75) is 0 Å². The van der Waals surface area contributed by atoms with Gasteiger partial charge in [-0.05, 0) is 12.1 Å². The monoisotopic (exact) mass is 321 g/mol. The SMILES string of the molecule is O=C(NCCNc1ncc(Cl)cc1[N+](=O)[O-])c1cccnc1. The van der Waals surface area contributed by atoms with E-state index in [0.717, 1.165) is 0 Å². The lowest BCUT2D eigenvalue weighted by atomic mass is 10.3. The molecule has 0 aliphatic carbocycles. The highest BCUT2D eigenvalue weighted by Crippen LogP contribution is 2.24. The number of nitrogens with zero attached hydrogens (tertiary/aromatic N) is 3. The maximum absolute atomic E-state index is 11.8. The van der Waals surface area contributed by atoms with Crippen molar-refractivity contribution in [3.63, 3.8) is 0 Å². The van der Waals surface area contributed by atoms with Crippen molar-refractivity contribution in [2.24, 2.45) is 0 Å². The fourth-order valence-electron chi connectivity index (χ4n) is 1.66. The van der Waals surface area contributed by atoms with Crippen LogP contribution in [0.2, 0.25) is 5.02 Å². The molecule has 22 heavy (non-hydrogen) atoms. The van der Waals surface area contributed by atoms with Gasteiger partial charge in [0, 0.05) is 37.7 Å². The predicted octanol–water partition coefficient (Wildman–Crippen LogP) is 1.88. The van der Waals surface area contributed by atoms with Crippen LogP contribution in [-0.2, 0) is 0 Å². The van der Waals surface area contributed by atoms with E-state index in [9.17, 15) is 14.9 Å². The van der Waals surface area contributed by atoms with Crippen molar-refractivity contribution < 1.29 is 9.72 Å². The zero-order valence-corrected chi connectivity index (χ0v) is 12.1. The minimum Gasteiger partial charge on any atom is -0.363 e. The molecular formula is C13H12ClN5O3. The lowest BCUT2D eigenvalue weighted by Gasteiger charge is -2.07. The van der Waals surface area contributed by atoms with Crippen molar-refractivity contribution in [1.29, 1.82) is 0 Å². The van der Waals surface area contributed by atoms with Gasteiger partial charge in [-0.25, -0.2) is 4.98 Å². The molecule has 114 valence electrons. The summed E-state index contributed by atoms with van der Waals surface area (Å²) in [6.45, 7) is 0.552. The standard InChI is InChI=1S/C13H12ClN5O3/c14-10-6-11(19(21)22)12(18-8-10)16-4-5-17-13(20)9-2-1-3-15-7-9/h1-3,6-8H,4-5H2,(H,16,18)(H,17,20). The summed E-state index contributed by atoms with van der Waals surface area (Å²) < 4.78 is 0. The summed E-state index contributed by atoms with van der Waals surface area (Å²) in [6, 6.07) is 4.51. The molecule has 0 saturated heterocycles. The molecule has 0 aliphatic rings. The van der Waals surface area contributed by atoms with Crippen LogP contribution in [-0.4, -0.2) is 33.9 Å². The molecule has 0 bridgehead atoms. The van der Waals surface area contributed by atoms with Gasteiger partial charge in [0.25, 0.3) is 5.91 Å². The van der Waals surface area contributed by atoms with E-state index in [1.165, 1.54) is 18.5 Å². The molecule has 2 rings (SSSR count). The van der Waals surface area contributed by atoms with Crippen molar-refractivity contribution in [3.05, 3.63) is 57.5 Å². The average Bonchev–Trinajstić information content (AvgIpc) is 2.53. The summed E-state index contributed by atoms with van der Waals surface area (Å²) in [5.41, 5.74) is 0.226. The minimum absolute atomic E-state index is 0.102. The second kappa shape index (κ2) is 7.32. The van der Waals surface area contributed by atoms with E-state index < -0.39 is 4.92 Å². The Kier molecular flexibility index (Phi) is 5.21. The zero-order valence-electron chi connectivity index (χ0n) is 11.3. The Bertz CT molecular complexity index is 681. The Hall–Kier alpha value is -2.74. The first-order valence-corrected chi connectivity index (χ1v) is 6.68. The van der Waals surface area contributed by atoms with Crippen molar-refractivity contribution in [2.75, 3.05) is 18.4 Å². The molecule has 2 heterocycles. The number of nitrogens with one attached hydrogen (secondary N) is 2. The van der Waals surface area contributed by atoms with Gasteiger partial charge in [-0.1, -0.05) is 11.6 Å². The van der Waals surface area contributed by atoms with E-state index in [4.69, 9.17) is 11.6 Å². The van der Waals surface area contributed by atoms with E-state index >= 15 is 0 Å². The van der Waals surface area contributed by atoms with Gasteiger partial charge in [0.1, 0.15) is 0 Å². The smallest absolute Gasteiger partial charge is 0.312 e. The Morgan fingerprint density at radius 1 is 1.36 bits per heavy atom. The normalized spacial score (nSPS) is 10.0. The second-order valence-corrected chi connectivity index (χ2v) is 4.64. The van der Waals surface area contributed by atoms with Crippen molar-refractivity contribution >= 4 is 29.0 Å². The Balaban J connectivity index is 1.87. The van der Waals surface area contributed by atoms with E-state index in [0.29, 0.717) is 5.56 Å². The molecule has 0 unspecified atom stereocenters. The number of nitro groups is 1. The summed E-state index contributed by atoms with van der Waals surface area (Å²) >= 11 is 5.67. The Morgan fingerprint density at radius 3 is 2.86 bits per heavy atom. The number of aromatic nitrogens is 2. The molecule has 8 nitrogen and oxygen atoms in total. The maximum atomic E-state index is 11.8. The summed E-state index contributed by atoms with van der Waals surface area (Å²) in [6.07, 6.45) is 4.34. The van der Waals surface area contributed by atoms with Gasteiger partial charge in [0.05, 0.1) is 15.5 Å². The van der Waals surface area contributed by atoms with Gasteiger partial charge < -0.3 is 10.6 Å². The molecule has 0 saturated carbocycles. The molecular weight excluding hydrogens is 310 g/mol. The van der Waals surface area contributed by atoms with Crippen LogP contribution in [0.4, 0.5) is 11.5 Å². The second-order valence-electron chi connectivity index (χ2n) is 4.20. The van der Waals surface area contributed by atoms with Gasteiger partial charge >= 0.3 is 5.69 Å². The molecule has 0 spiro atoms. The Labute approximate surface area is 130 Å². The van der Waals surface area contributed by atoms with Crippen LogP contribution in [0.1, 0.15) is 10.4 Å². The Morgan fingerprint density at radius 2 is 2.18 bits per heavy atom. The number of amides is 1. The van der Waals surface area contributed by atoms with Crippen molar-refractivity contribution in [3.8, 4) is 0 Å². The first-order valence-electron chi connectivity index (χ1n) is 6.30. The van der Waals surface area contributed by atoms with Crippen molar-refractivity contribution in [1.82, 2.24) is 15.3 Å². The molecule has 0 atom stereocenters. The number of hydrogen-bond donors (Lipinski definition) is 2. The van der Waals surface area contributed by atoms with E-state index in [-0.39, 0.29) is 35.5 Å². The van der Waals surface area contributed by atoms with Gasteiger partial charge in [0.15, 0.2) is 0 Å². The predicted molar refractivity (Wildman–Crippen MR) is 81.0 cm³/mol.